The van der Waals surface area contributed by atoms with Gasteiger partial charge in [-0.2, -0.15) is 0 Å². The molecule has 39 heavy (non-hydrogen) atoms. The number of halogens is 3. The molecule has 0 bridgehead atoms. The summed E-state index contributed by atoms with van der Waals surface area (Å²) < 4.78 is 41.9. The number of carbonyl (C=O) groups is 1. The minimum Gasteiger partial charge on any atom is -0.351 e. The van der Waals surface area contributed by atoms with E-state index in [1.54, 1.807) is 30.3 Å². The summed E-state index contributed by atoms with van der Waals surface area (Å²) in [7, 11) is -3.76. The van der Waals surface area contributed by atoms with Crippen molar-refractivity contribution in [1.29, 1.82) is 0 Å². The van der Waals surface area contributed by atoms with Crippen molar-refractivity contribution in [2.45, 2.75) is 4.90 Å². The molecule has 13 heteroatoms. The van der Waals surface area contributed by atoms with E-state index in [9.17, 15) is 17.6 Å². The summed E-state index contributed by atoms with van der Waals surface area (Å²) in [4.78, 5) is 21.8. The molecule has 1 fully saturated rings. The first-order valence-electron chi connectivity index (χ1n) is 12.0. The largest absolute Gasteiger partial charge is 0.351 e. The first kappa shape index (κ1) is 29.0. The molecule has 1 saturated heterocycles. The van der Waals surface area contributed by atoms with Crippen LogP contribution in [0, 0.1) is 5.82 Å². The zero-order valence-electron chi connectivity index (χ0n) is 20.6. The number of hydrogen-bond acceptors (Lipinski definition) is 7. The molecular formula is C26H26Cl2FN5O3S2. The summed E-state index contributed by atoms with van der Waals surface area (Å²) in [5.74, 6) is -0.480. The van der Waals surface area contributed by atoms with Crippen molar-refractivity contribution >= 4 is 72.3 Å². The van der Waals surface area contributed by atoms with E-state index in [-0.39, 0.29) is 29.0 Å². The Labute approximate surface area is 241 Å². The average molecular weight is 611 g/mol. The SMILES string of the molecule is Cl.O=C(NCCN1CCN(c2nc3ccc(F)cc3s2)CC1)c1ccc(NS(=O)(=O)c2ccc(Cl)cc2)cc1. The van der Waals surface area contributed by atoms with E-state index >= 15 is 0 Å². The molecule has 1 amide bonds. The Balaban J connectivity index is 0.00000353. The van der Waals surface area contributed by atoms with Gasteiger partial charge in [-0.05, 0) is 66.7 Å². The van der Waals surface area contributed by atoms with Crippen LogP contribution in [0.3, 0.4) is 0 Å². The lowest BCUT2D eigenvalue weighted by atomic mass is 10.2. The van der Waals surface area contributed by atoms with E-state index < -0.39 is 10.0 Å². The number of anilines is 2. The maximum absolute atomic E-state index is 13.5. The summed E-state index contributed by atoms with van der Waals surface area (Å²) in [6.45, 7) is 4.49. The topological polar surface area (TPSA) is 94.6 Å². The van der Waals surface area contributed by atoms with Gasteiger partial charge in [0.25, 0.3) is 15.9 Å². The number of carbonyl (C=O) groups excluding carboxylic acids is 1. The van der Waals surface area contributed by atoms with Crippen LogP contribution in [0.1, 0.15) is 10.4 Å². The highest BCUT2D eigenvalue weighted by atomic mass is 35.5. The van der Waals surface area contributed by atoms with E-state index in [0.29, 0.717) is 29.4 Å². The molecule has 0 radical (unpaired) electrons. The number of piperazine rings is 1. The van der Waals surface area contributed by atoms with Crippen LogP contribution < -0.4 is 14.9 Å². The average Bonchev–Trinajstić information content (AvgIpc) is 3.33. The highest BCUT2D eigenvalue weighted by Gasteiger charge is 2.20. The molecule has 0 atom stereocenters. The molecule has 1 aliphatic heterocycles. The van der Waals surface area contributed by atoms with Gasteiger partial charge < -0.3 is 10.2 Å². The lowest BCUT2D eigenvalue weighted by Crippen LogP contribution is -2.48. The van der Waals surface area contributed by atoms with Crippen LogP contribution in [-0.2, 0) is 10.0 Å². The zero-order valence-corrected chi connectivity index (χ0v) is 23.8. The molecule has 4 aromatic rings. The van der Waals surface area contributed by atoms with Gasteiger partial charge in [-0.1, -0.05) is 22.9 Å². The first-order chi connectivity index (χ1) is 18.3. The second kappa shape index (κ2) is 12.5. The van der Waals surface area contributed by atoms with Crippen molar-refractivity contribution in [3.8, 4) is 0 Å². The van der Waals surface area contributed by atoms with E-state index in [0.717, 1.165) is 41.5 Å². The molecule has 5 rings (SSSR count). The fourth-order valence-electron chi connectivity index (χ4n) is 4.13. The Hall–Kier alpha value is -2.96. The predicted molar refractivity (Wildman–Crippen MR) is 157 cm³/mol. The third-order valence-electron chi connectivity index (χ3n) is 6.22. The monoisotopic (exact) mass is 609 g/mol. The van der Waals surface area contributed by atoms with Gasteiger partial charge in [0, 0.05) is 55.5 Å². The number of fused-ring (bicyclic) bond motifs is 1. The van der Waals surface area contributed by atoms with Crippen molar-refractivity contribution in [1.82, 2.24) is 15.2 Å². The van der Waals surface area contributed by atoms with Gasteiger partial charge in [0.15, 0.2) is 5.13 Å². The summed E-state index contributed by atoms with van der Waals surface area (Å²) in [6, 6.07) is 16.8. The van der Waals surface area contributed by atoms with E-state index in [4.69, 9.17) is 11.6 Å². The van der Waals surface area contributed by atoms with Gasteiger partial charge in [-0.25, -0.2) is 17.8 Å². The fourth-order valence-corrected chi connectivity index (χ4v) is 6.36. The maximum atomic E-state index is 13.5. The number of nitrogens with one attached hydrogen (secondary N) is 2. The molecule has 0 unspecified atom stereocenters. The minimum absolute atomic E-state index is 0. The van der Waals surface area contributed by atoms with Gasteiger partial charge >= 0.3 is 0 Å². The smallest absolute Gasteiger partial charge is 0.261 e. The molecule has 0 saturated carbocycles. The van der Waals surface area contributed by atoms with E-state index in [2.05, 4.69) is 24.8 Å². The van der Waals surface area contributed by atoms with Gasteiger partial charge in [0.1, 0.15) is 5.82 Å². The second-order valence-corrected chi connectivity index (χ2v) is 12.0. The zero-order chi connectivity index (χ0) is 26.7. The third kappa shape index (κ3) is 7.17. The summed E-state index contributed by atoms with van der Waals surface area (Å²) in [5, 5.41) is 4.27. The number of rotatable bonds is 8. The van der Waals surface area contributed by atoms with Crippen molar-refractivity contribution < 1.29 is 17.6 Å². The van der Waals surface area contributed by atoms with Gasteiger partial charge in [0.05, 0.1) is 15.1 Å². The van der Waals surface area contributed by atoms with Crippen LogP contribution in [0.25, 0.3) is 10.2 Å². The summed E-state index contributed by atoms with van der Waals surface area (Å²) >= 11 is 7.32. The number of benzene rings is 3. The van der Waals surface area contributed by atoms with Crippen LogP contribution >= 0.6 is 35.3 Å². The Morgan fingerprint density at radius 3 is 2.38 bits per heavy atom. The lowest BCUT2D eigenvalue weighted by molar-refractivity contribution is 0.0948. The lowest BCUT2D eigenvalue weighted by Gasteiger charge is -2.34. The quantitative estimate of drug-likeness (QED) is 0.296. The summed E-state index contributed by atoms with van der Waals surface area (Å²) in [5.41, 5.74) is 1.60. The molecule has 2 heterocycles. The van der Waals surface area contributed by atoms with Crippen LogP contribution in [0.5, 0.6) is 0 Å². The minimum atomic E-state index is -3.76. The van der Waals surface area contributed by atoms with Crippen molar-refractivity contribution in [2.24, 2.45) is 0 Å². The Kier molecular flexibility index (Phi) is 9.29. The maximum Gasteiger partial charge on any atom is 0.261 e. The highest BCUT2D eigenvalue weighted by Crippen LogP contribution is 2.29. The number of nitrogens with zero attached hydrogens (tertiary/aromatic N) is 3. The molecule has 1 aliphatic rings. The van der Waals surface area contributed by atoms with E-state index in [1.165, 1.54) is 47.7 Å². The molecule has 3 aromatic carbocycles. The van der Waals surface area contributed by atoms with Gasteiger partial charge in [0.2, 0.25) is 0 Å². The first-order valence-corrected chi connectivity index (χ1v) is 14.6. The number of thiazole rings is 1. The standard InChI is InChI=1S/C26H25ClFN5O3S2.ClH/c27-19-3-8-22(9-4-19)38(35,36)31-21-6-1-18(2-7-21)25(34)29-11-12-32-13-15-33(16-14-32)26-30-23-10-5-20(28)17-24(23)37-26;/h1-10,17,31H,11-16H2,(H,29,34);1H. The normalized spacial score (nSPS) is 14.2. The van der Waals surface area contributed by atoms with Gasteiger partial charge in [-0.3, -0.25) is 14.4 Å². The number of aromatic nitrogens is 1. The van der Waals surface area contributed by atoms with Crippen molar-refractivity contribution in [3.63, 3.8) is 0 Å². The highest BCUT2D eigenvalue weighted by molar-refractivity contribution is 7.92. The van der Waals surface area contributed by atoms with Crippen LogP contribution in [0.4, 0.5) is 15.2 Å². The Bertz CT molecular complexity index is 1540. The molecule has 1 aromatic heterocycles. The molecule has 0 aliphatic carbocycles. The number of amides is 1. The second-order valence-electron chi connectivity index (χ2n) is 8.83. The summed E-state index contributed by atoms with van der Waals surface area (Å²) in [6.07, 6.45) is 0. The predicted octanol–water partition coefficient (Wildman–Crippen LogP) is 4.86. The fraction of sp³-hybridized carbons (Fsp3) is 0.231. The third-order valence-corrected chi connectivity index (χ3v) is 8.95. The van der Waals surface area contributed by atoms with Crippen molar-refractivity contribution in [3.05, 3.63) is 83.1 Å². The number of hydrogen-bond donors (Lipinski definition) is 2. The van der Waals surface area contributed by atoms with Crippen molar-refractivity contribution in [2.75, 3.05) is 48.9 Å². The Morgan fingerprint density at radius 2 is 1.69 bits per heavy atom. The van der Waals surface area contributed by atoms with Crippen LogP contribution in [-0.4, -0.2) is 63.5 Å². The molecule has 206 valence electrons. The van der Waals surface area contributed by atoms with E-state index in [1.807, 2.05) is 0 Å². The van der Waals surface area contributed by atoms with Gasteiger partial charge in [-0.15, -0.1) is 12.4 Å². The van der Waals surface area contributed by atoms with Crippen LogP contribution in [0.15, 0.2) is 71.6 Å². The molecular weight excluding hydrogens is 584 g/mol. The number of sulfonamides is 1. The Morgan fingerprint density at radius 1 is 1.00 bits per heavy atom. The molecule has 0 spiro atoms. The van der Waals surface area contributed by atoms with Crippen LogP contribution in [0.2, 0.25) is 5.02 Å². The molecule has 8 nitrogen and oxygen atoms in total. The molecule has 2 N–H and O–H groups in total.